The van der Waals surface area contributed by atoms with E-state index in [1.165, 1.54) is 66.5 Å². The Hall–Kier alpha value is -7.87. The van der Waals surface area contributed by atoms with Gasteiger partial charge in [0.1, 0.15) is 33.2 Å². The number of fused-ring (bicyclic) bond motifs is 3. The second kappa shape index (κ2) is 31.6. The average molecular weight is 1310 g/mol. The summed E-state index contributed by atoms with van der Waals surface area (Å²) in [6.45, 7) is 19.7. The molecule has 4 aromatic heterocycles. The molecule has 3 aliphatic heterocycles. The first-order valence-corrected chi connectivity index (χ1v) is 36.7. The third-order valence-corrected chi connectivity index (χ3v) is 22.4. The van der Waals surface area contributed by atoms with Crippen molar-refractivity contribution in [2.45, 2.75) is 173 Å². The number of imidazole rings is 3. The minimum atomic E-state index is -3.41. The van der Waals surface area contributed by atoms with Crippen molar-refractivity contribution in [2.75, 3.05) is 57.4 Å². The minimum Gasteiger partial charge on any atom is -0.493 e. The van der Waals surface area contributed by atoms with Gasteiger partial charge in [0.15, 0.2) is 0 Å². The van der Waals surface area contributed by atoms with E-state index in [0.717, 1.165) is 139 Å². The Kier molecular flexibility index (Phi) is 22.7. The van der Waals surface area contributed by atoms with E-state index in [4.69, 9.17) is 29.2 Å². The van der Waals surface area contributed by atoms with E-state index >= 15 is 0 Å². The number of thiophene rings is 1. The van der Waals surface area contributed by atoms with Gasteiger partial charge in [0.25, 0.3) is 10.0 Å². The number of esters is 1. The Bertz CT molecular complexity index is 4120. The molecule has 0 bridgehead atoms. The Balaban J connectivity index is 0.000000144. The molecule has 17 nitrogen and oxygen atoms in total. The number of benzene rings is 5. The highest BCUT2D eigenvalue weighted by Gasteiger charge is 2.38. The maximum atomic E-state index is 13.1. The van der Waals surface area contributed by atoms with Gasteiger partial charge in [-0.25, -0.2) is 28.2 Å². The SMILES string of the molecule is CCCCN1CC(c2nc3ccccc3n2CCCCOc2c(C)cccc2C)CC1=O.CCOC(=O)c1ccc2c(c1)nc(C1CCN(S(=O)(=O)c3cccs3)CC1)n2CC.CCOc1ccccc1N1CC(c2nc3ccccc3n2CCC2CCCCC2)CC1=O. The van der Waals surface area contributed by atoms with E-state index in [2.05, 4.69) is 102 Å². The van der Waals surface area contributed by atoms with Gasteiger partial charge in [-0.15, -0.1) is 11.3 Å². The van der Waals surface area contributed by atoms with Crippen LogP contribution in [0.25, 0.3) is 33.1 Å². The van der Waals surface area contributed by atoms with E-state index in [9.17, 15) is 22.8 Å². The molecule has 9 aromatic rings. The molecule has 0 N–H and O–H groups in total. The average Bonchev–Trinajstić information content (AvgIpc) is 1.75. The number of rotatable bonds is 23. The molecule has 19 heteroatoms. The Morgan fingerprint density at radius 3 is 1.90 bits per heavy atom. The molecule has 7 heterocycles. The van der Waals surface area contributed by atoms with Crippen LogP contribution >= 0.6 is 11.3 Å². The van der Waals surface area contributed by atoms with Gasteiger partial charge in [-0.3, -0.25) is 9.59 Å². The zero-order valence-electron chi connectivity index (χ0n) is 55.7. The number of aryl methyl sites for hydroxylation is 5. The second-order valence-corrected chi connectivity index (χ2v) is 28.6. The van der Waals surface area contributed by atoms with Crippen LogP contribution in [0.3, 0.4) is 0 Å². The van der Waals surface area contributed by atoms with Crippen LogP contribution in [0.15, 0.2) is 131 Å². The van der Waals surface area contributed by atoms with E-state index < -0.39 is 10.0 Å². The Morgan fingerprint density at radius 2 is 1.23 bits per heavy atom. The molecule has 13 rings (SSSR count). The van der Waals surface area contributed by atoms with E-state index in [1.54, 1.807) is 40.9 Å². The fraction of sp³-hybridized carbons (Fsp3) is 0.467. The van der Waals surface area contributed by atoms with Gasteiger partial charge in [0, 0.05) is 83.0 Å². The zero-order valence-corrected chi connectivity index (χ0v) is 57.4. The number of carbonyl (C=O) groups excluding carboxylic acids is 3. The number of anilines is 1. The lowest BCUT2D eigenvalue weighted by Gasteiger charge is -2.30. The van der Waals surface area contributed by atoms with E-state index in [1.807, 2.05) is 53.1 Å². The molecule has 94 heavy (non-hydrogen) atoms. The summed E-state index contributed by atoms with van der Waals surface area (Å²) in [6, 6.07) is 39.7. The lowest BCUT2D eigenvalue weighted by molar-refractivity contribution is -0.127. The molecule has 1 aliphatic carbocycles. The zero-order chi connectivity index (χ0) is 65.7. The fourth-order valence-electron chi connectivity index (χ4n) is 14.2. The predicted molar refractivity (Wildman–Crippen MR) is 374 cm³/mol. The minimum absolute atomic E-state index is 0.0935. The summed E-state index contributed by atoms with van der Waals surface area (Å²) < 4.78 is 51.4. The van der Waals surface area contributed by atoms with Crippen molar-refractivity contribution < 1.29 is 37.0 Å². The summed E-state index contributed by atoms with van der Waals surface area (Å²) in [7, 11) is -3.41. The number of hydrogen-bond donors (Lipinski definition) is 0. The maximum absolute atomic E-state index is 13.1. The van der Waals surface area contributed by atoms with Gasteiger partial charge in [0.2, 0.25) is 11.8 Å². The quantitative estimate of drug-likeness (QED) is 0.0440. The van der Waals surface area contributed by atoms with Gasteiger partial charge in [-0.1, -0.05) is 106 Å². The summed E-state index contributed by atoms with van der Waals surface area (Å²) in [6.07, 6.45) is 14.7. The van der Waals surface area contributed by atoms with Crippen molar-refractivity contribution in [3.8, 4) is 11.5 Å². The lowest BCUT2D eigenvalue weighted by Crippen LogP contribution is -2.38. The second-order valence-electron chi connectivity index (χ2n) is 25.4. The largest absolute Gasteiger partial charge is 0.493 e. The molecule has 4 aliphatic rings. The number of hydrogen-bond acceptors (Lipinski definition) is 12. The molecule has 0 spiro atoms. The first-order valence-electron chi connectivity index (χ1n) is 34.4. The van der Waals surface area contributed by atoms with Crippen molar-refractivity contribution in [2.24, 2.45) is 5.92 Å². The first-order chi connectivity index (χ1) is 45.8. The molecule has 5 aromatic carbocycles. The highest BCUT2D eigenvalue weighted by molar-refractivity contribution is 7.91. The van der Waals surface area contributed by atoms with Crippen molar-refractivity contribution in [1.82, 2.24) is 37.9 Å². The maximum Gasteiger partial charge on any atom is 0.338 e. The molecule has 2 unspecified atom stereocenters. The molecule has 498 valence electrons. The highest BCUT2D eigenvalue weighted by Crippen LogP contribution is 2.39. The van der Waals surface area contributed by atoms with Crippen LogP contribution in [0.4, 0.5) is 5.69 Å². The number of aromatic nitrogens is 6. The van der Waals surface area contributed by atoms with Gasteiger partial charge < -0.3 is 37.7 Å². The van der Waals surface area contributed by atoms with Crippen LogP contribution in [-0.4, -0.2) is 117 Å². The summed E-state index contributed by atoms with van der Waals surface area (Å²) in [5.41, 5.74) is 9.90. The van der Waals surface area contributed by atoms with Crippen molar-refractivity contribution in [3.63, 3.8) is 0 Å². The molecule has 3 saturated heterocycles. The fourth-order valence-corrected chi connectivity index (χ4v) is 16.9. The van der Waals surface area contributed by atoms with Crippen LogP contribution in [0.1, 0.15) is 174 Å². The number of carbonyl (C=O) groups is 3. The molecular weight excluding hydrogens is 1220 g/mol. The predicted octanol–water partition coefficient (Wildman–Crippen LogP) is 15.4. The van der Waals surface area contributed by atoms with Crippen LogP contribution in [-0.2, 0) is 44.0 Å². The molecule has 0 radical (unpaired) electrons. The lowest BCUT2D eigenvalue weighted by atomic mass is 9.87. The molecule has 4 fully saturated rings. The topological polar surface area (TPSA) is 176 Å². The normalized spacial score (nSPS) is 17.4. The molecule has 2 atom stereocenters. The first kappa shape index (κ1) is 67.5. The van der Waals surface area contributed by atoms with Crippen molar-refractivity contribution >= 4 is 77.9 Å². The number of amides is 2. The van der Waals surface area contributed by atoms with E-state index in [-0.39, 0.29) is 35.5 Å². The Morgan fingerprint density at radius 1 is 0.596 bits per heavy atom. The number of ether oxygens (including phenoxy) is 3. The van der Waals surface area contributed by atoms with Crippen LogP contribution < -0.4 is 14.4 Å². The standard InChI is InChI=1S/C27H33N3O2.C27H35N3O2.C21H25N3O4S2/c1-2-32-25-15-9-8-14-24(25)30-19-21(18-26(30)31)27-28-22-12-6-7-13-23(22)29(27)17-16-20-10-4-3-5-11-20;1-4-5-15-29-19-22(18-25(29)31)27-28-23-13-6-7-14-24(23)30(27)16-8-9-17-32-26-20(2)11-10-12-21(26)3;1-3-24-18-8-7-16(21(25)28-4-2)14-17(18)22-20(24)15-9-11-23(12-10-15)30(26,27)19-6-5-13-29-19/h6-9,12-15,20-21H,2-5,10-11,16-19H2,1H3;6-7,10-14,22H,4-5,8-9,15-19H2,1-3H3;5-8,13-15H,3-4,9-12H2,1-2H3. The number of piperidine rings is 1. The molecular formula is C75H93N9O8S2. The number of para-hydroxylation sites is 7. The highest BCUT2D eigenvalue weighted by atomic mass is 32.2. The van der Waals surface area contributed by atoms with E-state index in [0.29, 0.717) is 62.1 Å². The number of nitrogens with zero attached hydrogens (tertiary/aromatic N) is 9. The molecule has 1 saturated carbocycles. The Labute approximate surface area is 558 Å². The van der Waals surface area contributed by atoms with Gasteiger partial charge >= 0.3 is 5.97 Å². The monoisotopic (exact) mass is 1310 g/mol. The third kappa shape index (κ3) is 15.4. The van der Waals surface area contributed by atoms with Crippen LogP contribution in [0.2, 0.25) is 0 Å². The number of sulfonamides is 1. The summed E-state index contributed by atoms with van der Waals surface area (Å²) in [5, 5.41) is 1.79. The molecule has 2 amide bonds. The summed E-state index contributed by atoms with van der Waals surface area (Å²) in [4.78, 5) is 56.4. The van der Waals surface area contributed by atoms with Crippen LogP contribution in [0.5, 0.6) is 11.5 Å². The number of unbranched alkanes of at least 4 members (excludes halogenated alkanes) is 2. The van der Waals surface area contributed by atoms with Crippen LogP contribution in [0, 0.1) is 19.8 Å². The van der Waals surface area contributed by atoms with Gasteiger partial charge in [-0.05, 0) is 156 Å². The van der Waals surface area contributed by atoms with Gasteiger partial charge in [-0.2, -0.15) is 4.31 Å². The summed E-state index contributed by atoms with van der Waals surface area (Å²) >= 11 is 1.25. The number of likely N-dealkylation sites (tertiary alicyclic amines) is 1. The third-order valence-electron chi connectivity index (χ3n) is 19.1. The van der Waals surface area contributed by atoms with Crippen molar-refractivity contribution in [3.05, 3.63) is 161 Å². The van der Waals surface area contributed by atoms with Gasteiger partial charge in [0.05, 0.1) is 64.2 Å². The van der Waals surface area contributed by atoms with Crippen molar-refractivity contribution in [1.29, 1.82) is 0 Å². The smallest absolute Gasteiger partial charge is 0.338 e. The summed E-state index contributed by atoms with van der Waals surface area (Å²) in [5.74, 6) is 6.20.